The van der Waals surface area contributed by atoms with Crippen molar-refractivity contribution in [2.75, 3.05) is 0 Å². The smallest absolute Gasteiger partial charge is 0.259 e. The molecule has 0 saturated carbocycles. The molecule has 0 aromatic rings. The lowest BCUT2D eigenvalue weighted by Crippen LogP contribution is -2.64. The fourth-order valence-corrected chi connectivity index (χ4v) is 0.927. The van der Waals surface area contributed by atoms with Crippen LogP contribution in [0, 0.1) is 0 Å². The molecule has 0 atom stereocenters. The summed E-state index contributed by atoms with van der Waals surface area (Å²) in [5.74, 6) is 2.88. The number of rotatable bonds is 1. The van der Waals surface area contributed by atoms with Crippen LogP contribution in [0.2, 0.25) is 0 Å². The number of carbonyl (C=O) groups excluding carboxylic acids is 3. The van der Waals surface area contributed by atoms with Crippen molar-refractivity contribution in [3.8, 4) is 0 Å². The van der Waals surface area contributed by atoms with E-state index in [1.807, 2.05) is 0 Å². The molecule has 0 aliphatic carbocycles. The molecule has 0 bridgehead atoms. The Kier molecular flexibility index (Phi) is 2.65. The van der Waals surface area contributed by atoms with Crippen LogP contribution in [0.4, 0.5) is 0 Å². The highest BCUT2D eigenvalue weighted by atomic mass is 16.2. The lowest BCUT2D eigenvalue weighted by atomic mass is 10.2. The van der Waals surface area contributed by atoms with Crippen LogP contribution in [0.5, 0.6) is 0 Å². The Morgan fingerprint density at radius 3 is 2.29 bits per heavy atom. The molecule has 1 aliphatic heterocycles. The van der Waals surface area contributed by atoms with E-state index in [9.17, 15) is 14.4 Å². The van der Waals surface area contributed by atoms with Gasteiger partial charge in [0.05, 0.1) is 0 Å². The number of nitrogens with two attached hydrogens (primary N) is 1. The van der Waals surface area contributed by atoms with Gasteiger partial charge in [0.2, 0.25) is 11.9 Å². The second kappa shape index (κ2) is 3.73. The Labute approximate surface area is 78.9 Å². The van der Waals surface area contributed by atoms with Crippen LogP contribution in [-0.2, 0) is 14.4 Å². The summed E-state index contributed by atoms with van der Waals surface area (Å²) in [6, 6.07) is -1.24. The summed E-state index contributed by atoms with van der Waals surface area (Å²) in [7, 11) is 0. The summed E-state index contributed by atoms with van der Waals surface area (Å²) in [6.07, 6.45) is 0. The number of nitrogens with one attached hydrogen (secondary N) is 3. The Balaban J connectivity index is 2.75. The van der Waals surface area contributed by atoms with Crippen molar-refractivity contribution < 1.29 is 14.4 Å². The molecule has 14 heavy (non-hydrogen) atoms. The molecule has 76 valence electrons. The first-order valence-corrected chi connectivity index (χ1v) is 3.71. The quantitative estimate of drug-likeness (QED) is 0.203. The summed E-state index contributed by atoms with van der Waals surface area (Å²) in [4.78, 5) is 33.0. The minimum absolute atomic E-state index is 0.137. The number of hydrogen-bond acceptors (Lipinski definition) is 5. The van der Waals surface area contributed by atoms with Gasteiger partial charge in [0.15, 0.2) is 6.04 Å². The highest BCUT2D eigenvalue weighted by Gasteiger charge is 2.33. The molecule has 0 unspecified atom stereocenters. The second-order valence-corrected chi connectivity index (χ2v) is 2.59. The standard InChI is InChI=1S/C6H9N5O3/c1-2(12)8-3-4(13)9-6(11-7)10-5(3)14/h3H,7H2,1H3,(H,8,12)(H2,9,10,11,13,14). The van der Waals surface area contributed by atoms with Gasteiger partial charge in [-0.2, -0.15) is 0 Å². The maximum Gasteiger partial charge on any atom is 0.259 e. The number of carbonyl (C=O) groups is 3. The zero-order valence-electron chi connectivity index (χ0n) is 7.33. The SMILES string of the molecule is CC(=O)NC1C(=O)NC(=NN)NC1=O. The van der Waals surface area contributed by atoms with Crippen molar-refractivity contribution in [3.63, 3.8) is 0 Å². The fraction of sp³-hybridized carbons (Fsp3) is 0.333. The first-order chi connectivity index (χ1) is 6.54. The molecule has 1 saturated heterocycles. The largest absolute Gasteiger partial charge is 0.337 e. The second-order valence-electron chi connectivity index (χ2n) is 2.59. The van der Waals surface area contributed by atoms with Crippen LogP contribution in [0.15, 0.2) is 5.10 Å². The molecule has 0 aromatic heterocycles. The molecule has 5 N–H and O–H groups in total. The van der Waals surface area contributed by atoms with Gasteiger partial charge in [-0.05, 0) is 0 Å². The van der Waals surface area contributed by atoms with Crippen molar-refractivity contribution in [1.29, 1.82) is 0 Å². The minimum atomic E-state index is -1.24. The van der Waals surface area contributed by atoms with Crippen molar-refractivity contribution in [3.05, 3.63) is 0 Å². The summed E-state index contributed by atoms with van der Waals surface area (Å²) in [5.41, 5.74) is 0. The number of hydrogen-bond donors (Lipinski definition) is 4. The Morgan fingerprint density at radius 1 is 1.43 bits per heavy atom. The van der Waals surface area contributed by atoms with Crippen molar-refractivity contribution in [1.82, 2.24) is 16.0 Å². The van der Waals surface area contributed by atoms with Crippen LogP contribution < -0.4 is 21.8 Å². The fourth-order valence-electron chi connectivity index (χ4n) is 0.927. The zero-order valence-corrected chi connectivity index (χ0v) is 7.33. The van der Waals surface area contributed by atoms with Gasteiger partial charge in [-0.1, -0.05) is 0 Å². The van der Waals surface area contributed by atoms with E-state index in [0.29, 0.717) is 0 Å². The average molecular weight is 199 g/mol. The Bertz CT molecular complexity index is 303. The van der Waals surface area contributed by atoms with Gasteiger partial charge in [-0.25, -0.2) is 0 Å². The molecule has 1 aliphatic rings. The molecule has 1 rings (SSSR count). The molecule has 3 amide bonds. The van der Waals surface area contributed by atoms with Gasteiger partial charge in [-0.15, -0.1) is 5.10 Å². The van der Waals surface area contributed by atoms with Crippen molar-refractivity contribution in [2.45, 2.75) is 13.0 Å². The van der Waals surface area contributed by atoms with E-state index in [-0.39, 0.29) is 5.96 Å². The topological polar surface area (TPSA) is 126 Å². The van der Waals surface area contributed by atoms with Crippen LogP contribution in [0.25, 0.3) is 0 Å². The molecule has 0 aromatic carbocycles. The molecule has 0 radical (unpaired) electrons. The molecule has 1 fully saturated rings. The average Bonchev–Trinajstić information content (AvgIpc) is 2.10. The lowest BCUT2D eigenvalue weighted by Gasteiger charge is -2.22. The monoisotopic (exact) mass is 199 g/mol. The zero-order chi connectivity index (χ0) is 10.7. The third-order valence-corrected chi connectivity index (χ3v) is 1.48. The molecular formula is C6H9N5O3. The van der Waals surface area contributed by atoms with Gasteiger partial charge in [0, 0.05) is 6.92 Å². The van der Waals surface area contributed by atoms with E-state index in [2.05, 4.69) is 21.1 Å². The predicted octanol–water partition coefficient (Wildman–Crippen LogP) is -3.03. The lowest BCUT2D eigenvalue weighted by molar-refractivity contribution is -0.136. The summed E-state index contributed by atoms with van der Waals surface area (Å²) < 4.78 is 0. The molecule has 8 nitrogen and oxygen atoms in total. The molecular weight excluding hydrogens is 190 g/mol. The van der Waals surface area contributed by atoms with E-state index in [0.717, 1.165) is 0 Å². The van der Waals surface area contributed by atoms with Crippen LogP contribution in [0.3, 0.4) is 0 Å². The summed E-state index contributed by atoms with van der Waals surface area (Å²) in [6.45, 7) is 1.20. The van der Waals surface area contributed by atoms with E-state index >= 15 is 0 Å². The maximum absolute atomic E-state index is 11.2. The van der Waals surface area contributed by atoms with E-state index in [1.165, 1.54) is 6.92 Å². The number of nitrogens with zero attached hydrogens (tertiary/aromatic N) is 1. The van der Waals surface area contributed by atoms with Gasteiger partial charge in [-0.3, -0.25) is 25.0 Å². The third kappa shape index (κ3) is 1.97. The summed E-state index contributed by atoms with van der Waals surface area (Å²) >= 11 is 0. The van der Waals surface area contributed by atoms with Crippen LogP contribution in [-0.4, -0.2) is 29.7 Å². The summed E-state index contributed by atoms with van der Waals surface area (Å²) in [5, 5.41) is 9.65. The number of guanidine groups is 1. The highest BCUT2D eigenvalue weighted by molar-refractivity contribution is 6.21. The maximum atomic E-state index is 11.2. The van der Waals surface area contributed by atoms with Gasteiger partial charge in [0.1, 0.15) is 0 Å². The van der Waals surface area contributed by atoms with Gasteiger partial charge < -0.3 is 11.2 Å². The minimum Gasteiger partial charge on any atom is -0.337 e. The highest BCUT2D eigenvalue weighted by Crippen LogP contribution is 1.91. The first kappa shape index (κ1) is 9.96. The van der Waals surface area contributed by atoms with Crippen molar-refractivity contribution >= 4 is 23.7 Å². The van der Waals surface area contributed by atoms with Crippen LogP contribution >= 0.6 is 0 Å². The Hall–Kier alpha value is -2.12. The van der Waals surface area contributed by atoms with Crippen molar-refractivity contribution in [2.24, 2.45) is 10.9 Å². The number of hydrazone groups is 1. The normalized spacial score (nSPS) is 20.9. The molecule has 8 heteroatoms. The first-order valence-electron chi connectivity index (χ1n) is 3.71. The molecule has 1 heterocycles. The van der Waals surface area contributed by atoms with E-state index in [4.69, 9.17) is 5.84 Å². The van der Waals surface area contributed by atoms with Gasteiger partial charge >= 0.3 is 0 Å². The van der Waals surface area contributed by atoms with E-state index < -0.39 is 23.8 Å². The predicted molar refractivity (Wildman–Crippen MR) is 45.5 cm³/mol. The van der Waals surface area contributed by atoms with E-state index in [1.54, 1.807) is 0 Å². The molecule has 0 spiro atoms. The van der Waals surface area contributed by atoms with Gasteiger partial charge in [0.25, 0.3) is 11.8 Å². The third-order valence-electron chi connectivity index (χ3n) is 1.48. The Morgan fingerprint density at radius 2 is 1.93 bits per heavy atom. The number of amides is 3. The van der Waals surface area contributed by atoms with Crippen LogP contribution in [0.1, 0.15) is 6.92 Å².